The minimum absolute atomic E-state index is 0.0641. The monoisotopic (exact) mass is 766 g/mol. The molecular weight excluding hydrogens is 720 g/mol. The van der Waals surface area contributed by atoms with E-state index in [4.69, 9.17) is 30.5 Å². The molecule has 15 heteroatoms. The molecule has 1 atom stereocenters. The zero-order valence-corrected chi connectivity index (χ0v) is 32.7. The number of carbonyl (C=O) groups excluding carboxylic acids is 1. The molecule has 2 aromatic rings. The van der Waals surface area contributed by atoms with Crippen LogP contribution in [0.5, 0.6) is 11.5 Å². The van der Waals surface area contributed by atoms with E-state index in [9.17, 15) is 18.3 Å². The van der Waals surface area contributed by atoms with Gasteiger partial charge in [0.25, 0.3) is 5.91 Å². The molecule has 0 aliphatic heterocycles. The van der Waals surface area contributed by atoms with E-state index in [1.807, 2.05) is 13.0 Å². The number of hydrogen-bond donors (Lipinski definition) is 2. The van der Waals surface area contributed by atoms with Crippen molar-refractivity contribution in [1.82, 2.24) is 5.32 Å². The van der Waals surface area contributed by atoms with Gasteiger partial charge in [0.2, 0.25) is 10.0 Å². The standard InChI is InChI=1S/C30H48BrClN2O8SSi2/c1-22-15-24(31)17-25(32)30(22)41-19-29(36)33-18-27(35)23-9-10-28(42-21-40-12-14-45(6,7)8)26(16-23)34(43(2,37)38)20-39-11-13-44(3,4)5/h9-10,15-17,27,35H,11-14,18-21H2,1-8H3,(H,33,36). The molecule has 10 nitrogen and oxygen atoms in total. The topological polar surface area (TPSA) is 124 Å². The Balaban J connectivity index is 2.19. The number of amides is 1. The third kappa shape index (κ3) is 14.8. The number of aliphatic hydroxyl groups excluding tert-OH is 1. The predicted molar refractivity (Wildman–Crippen MR) is 190 cm³/mol. The highest BCUT2D eigenvalue weighted by molar-refractivity contribution is 9.10. The number of anilines is 1. The second kappa shape index (κ2) is 17.5. The van der Waals surface area contributed by atoms with Crippen molar-refractivity contribution in [1.29, 1.82) is 0 Å². The van der Waals surface area contributed by atoms with Crippen molar-refractivity contribution >= 4 is 65.3 Å². The van der Waals surface area contributed by atoms with Crippen molar-refractivity contribution < 1.29 is 37.3 Å². The van der Waals surface area contributed by atoms with Crippen LogP contribution in [0.3, 0.4) is 0 Å². The lowest BCUT2D eigenvalue weighted by molar-refractivity contribution is -0.123. The highest BCUT2D eigenvalue weighted by Crippen LogP contribution is 2.34. The second-order valence-corrected chi connectivity index (χ2v) is 27.8. The second-order valence-electron chi connectivity index (χ2n) is 13.3. The lowest BCUT2D eigenvalue weighted by Gasteiger charge is -2.26. The lowest BCUT2D eigenvalue weighted by atomic mass is 10.1. The minimum Gasteiger partial charge on any atom is -0.482 e. The van der Waals surface area contributed by atoms with E-state index >= 15 is 0 Å². The summed E-state index contributed by atoms with van der Waals surface area (Å²) in [5.74, 6) is 0.196. The van der Waals surface area contributed by atoms with Crippen LogP contribution in [0.4, 0.5) is 5.69 Å². The molecule has 0 aliphatic carbocycles. The van der Waals surface area contributed by atoms with Crippen LogP contribution < -0.4 is 19.1 Å². The Hall–Kier alpha value is -1.66. The Morgan fingerprint density at radius 3 is 2.22 bits per heavy atom. The molecule has 45 heavy (non-hydrogen) atoms. The van der Waals surface area contributed by atoms with E-state index in [0.29, 0.717) is 29.5 Å². The number of halogens is 2. The highest BCUT2D eigenvalue weighted by atomic mass is 79.9. The number of carbonyl (C=O) groups is 1. The van der Waals surface area contributed by atoms with Gasteiger partial charge in [0.05, 0.1) is 23.1 Å². The predicted octanol–water partition coefficient (Wildman–Crippen LogP) is 6.41. The number of nitrogens with one attached hydrogen (secondary N) is 1. The first-order chi connectivity index (χ1) is 20.8. The van der Waals surface area contributed by atoms with Gasteiger partial charge in [-0.2, -0.15) is 0 Å². The fourth-order valence-corrected chi connectivity index (χ4v) is 7.16. The summed E-state index contributed by atoms with van der Waals surface area (Å²) in [6.07, 6.45) is -0.0618. The van der Waals surface area contributed by atoms with E-state index in [0.717, 1.165) is 32.7 Å². The van der Waals surface area contributed by atoms with Crippen LogP contribution in [0, 0.1) is 6.92 Å². The van der Waals surface area contributed by atoms with Crippen LogP contribution in [0.1, 0.15) is 17.2 Å². The van der Waals surface area contributed by atoms with Gasteiger partial charge in [0, 0.05) is 40.4 Å². The van der Waals surface area contributed by atoms with E-state index in [-0.39, 0.29) is 38.1 Å². The van der Waals surface area contributed by atoms with Crippen LogP contribution in [0.25, 0.3) is 0 Å². The Morgan fingerprint density at radius 1 is 1.02 bits per heavy atom. The molecule has 0 aliphatic rings. The third-order valence-corrected chi connectivity index (χ3v) is 11.8. The number of sulfonamides is 1. The first kappa shape index (κ1) is 39.5. The number of benzene rings is 2. The average Bonchev–Trinajstić information content (AvgIpc) is 2.89. The molecule has 2 rings (SSSR count). The van der Waals surface area contributed by atoms with Crippen molar-refractivity contribution in [2.24, 2.45) is 0 Å². The fraction of sp³-hybridized carbons (Fsp3) is 0.567. The van der Waals surface area contributed by atoms with Gasteiger partial charge in [-0.25, -0.2) is 12.7 Å². The van der Waals surface area contributed by atoms with Gasteiger partial charge in [-0.15, -0.1) is 0 Å². The molecule has 0 radical (unpaired) electrons. The number of nitrogens with zero attached hydrogens (tertiary/aromatic N) is 1. The van der Waals surface area contributed by atoms with Crippen LogP contribution in [0.15, 0.2) is 34.8 Å². The number of aliphatic hydroxyl groups is 1. The van der Waals surface area contributed by atoms with E-state index in [1.165, 1.54) is 6.07 Å². The van der Waals surface area contributed by atoms with E-state index in [1.54, 1.807) is 18.2 Å². The molecule has 254 valence electrons. The van der Waals surface area contributed by atoms with Gasteiger partial charge in [-0.1, -0.05) is 72.9 Å². The lowest BCUT2D eigenvalue weighted by Crippen LogP contribution is -2.34. The SMILES string of the molecule is Cc1cc(Br)cc(Cl)c1OCC(=O)NCC(O)c1ccc(OCOCC[Si](C)(C)C)c(N(COCC[Si](C)(C)C)S(C)(=O)=O)c1. The molecule has 0 bridgehead atoms. The molecule has 1 amide bonds. The van der Waals surface area contributed by atoms with Crippen LogP contribution in [0.2, 0.25) is 56.4 Å². The van der Waals surface area contributed by atoms with Crippen molar-refractivity contribution in [3.05, 3.63) is 51.0 Å². The molecule has 0 heterocycles. The average molecular weight is 768 g/mol. The summed E-state index contributed by atoms with van der Waals surface area (Å²) in [7, 11) is -6.49. The molecule has 2 N–H and O–H groups in total. The highest BCUT2D eigenvalue weighted by Gasteiger charge is 2.25. The quantitative estimate of drug-likeness (QED) is 0.0956. The summed E-state index contributed by atoms with van der Waals surface area (Å²) in [5.41, 5.74) is 1.34. The van der Waals surface area contributed by atoms with E-state index < -0.39 is 38.2 Å². The van der Waals surface area contributed by atoms with Crippen LogP contribution in [-0.2, 0) is 24.3 Å². The molecule has 0 saturated heterocycles. The third-order valence-electron chi connectivity index (χ3n) is 6.57. The zero-order valence-electron chi connectivity index (χ0n) is 27.5. The van der Waals surface area contributed by atoms with Gasteiger partial charge in [0.15, 0.2) is 13.4 Å². The Bertz CT molecular complexity index is 1360. The maximum absolute atomic E-state index is 12.9. The number of ether oxygens (including phenoxy) is 4. The van der Waals surface area contributed by atoms with Crippen molar-refractivity contribution in [2.75, 3.05) is 50.5 Å². The smallest absolute Gasteiger partial charge is 0.258 e. The van der Waals surface area contributed by atoms with E-state index in [2.05, 4.69) is 60.5 Å². The van der Waals surface area contributed by atoms with Gasteiger partial charge in [-0.05, 0) is 54.4 Å². The summed E-state index contributed by atoms with van der Waals surface area (Å²) in [4.78, 5) is 12.5. The molecule has 0 fully saturated rings. The molecule has 0 aromatic heterocycles. The number of aryl methyl sites for hydroxylation is 1. The maximum atomic E-state index is 12.9. The van der Waals surface area contributed by atoms with Gasteiger partial charge < -0.3 is 29.4 Å². The Morgan fingerprint density at radius 2 is 1.64 bits per heavy atom. The van der Waals surface area contributed by atoms with Crippen molar-refractivity contribution in [3.8, 4) is 11.5 Å². The Kier molecular flexibility index (Phi) is 15.4. The first-order valence-electron chi connectivity index (χ1n) is 14.7. The van der Waals surface area contributed by atoms with Gasteiger partial charge in [0.1, 0.15) is 18.2 Å². The van der Waals surface area contributed by atoms with Crippen LogP contribution >= 0.6 is 27.5 Å². The first-order valence-corrected chi connectivity index (χ1v) is 25.1. The molecular formula is C30H48BrClN2O8SSi2. The van der Waals surface area contributed by atoms with Gasteiger partial charge >= 0.3 is 0 Å². The Labute approximate surface area is 283 Å². The molecule has 0 spiro atoms. The summed E-state index contributed by atoms with van der Waals surface area (Å²) >= 11 is 9.60. The van der Waals surface area contributed by atoms with Crippen molar-refractivity contribution in [3.63, 3.8) is 0 Å². The summed E-state index contributed by atoms with van der Waals surface area (Å²) in [6, 6.07) is 10.1. The zero-order chi connectivity index (χ0) is 34.0. The largest absolute Gasteiger partial charge is 0.482 e. The summed E-state index contributed by atoms with van der Waals surface area (Å²) in [5, 5.41) is 14.0. The normalized spacial score (nSPS) is 13.0. The van der Waals surface area contributed by atoms with Crippen molar-refractivity contribution in [2.45, 2.75) is 64.4 Å². The summed E-state index contributed by atoms with van der Waals surface area (Å²) < 4.78 is 50.8. The van der Waals surface area contributed by atoms with Gasteiger partial charge in [-0.3, -0.25) is 4.79 Å². The molecule has 1 unspecified atom stereocenters. The molecule has 0 saturated carbocycles. The van der Waals surface area contributed by atoms with Crippen LogP contribution in [-0.4, -0.2) is 81.7 Å². The fourth-order valence-electron chi connectivity index (χ4n) is 3.86. The number of hydrogen-bond acceptors (Lipinski definition) is 8. The maximum Gasteiger partial charge on any atom is 0.258 e. The minimum atomic E-state index is -3.80. The number of rotatable bonds is 19. The summed E-state index contributed by atoms with van der Waals surface area (Å²) in [6.45, 7) is 15.4. The molecule has 2 aromatic carbocycles.